The molecule has 0 aliphatic carbocycles. The molecule has 0 radical (unpaired) electrons. The number of nitrogens with zero attached hydrogens (tertiary/aromatic N) is 2. The van der Waals surface area contributed by atoms with Gasteiger partial charge >= 0.3 is 0 Å². The minimum absolute atomic E-state index is 0.0132. The van der Waals surface area contributed by atoms with Crippen molar-refractivity contribution in [1.29, 1.82) is 0 Å². The summed E-state index contributed by atoms with van der Waals surface area (Å²) in [5.41, 5.74) is 0. The second kappa shape index (κ2) is 5.90. The van der Waals surface area contributed by atoms with Crippen LogP contribution in [0.5, 0.6) is 0 Å². The van der Waals surface area contributed by atoms with Crippen LogP contribution in [0.4, 0.5) is 0 Å². The third-order valence-electron chi connectivity index (χ3n) is 2.26. The van der Waals surface area contributed by atoms with Crippen molar-refractivity contribution in [2.24, 2.45) is 0 Å². The Morgan fingerprint density at radius 3 is 2.73 bits per heavy atom. The molecule has 15 heavy (non-hydrogen) atoms. The highest BCUT2D eigenvalue weighted by molar-refractivity contribution is 9.10. The summed E-state index contributed by atoms with van der Waals surface area (Å²) >= 11 is 3.29. The molecule has 0 spiro atoms. The number of carbonyl (C=O) groups excluding carboxylic acids is 1. The molecule has 1 aromatic heterocycles. The second-order valence-electron chi connectivity index (χ2n) is 3.44. The summed E-state index contributed by atoms with van der Waals surface area (Å²) in [7, 11) is 0. The average molecular weight is 274 g/mol. The summed E-state index contributed by atoms with van der Waals surface area (Å²) < 4.78 is 2.50. The Kier molecular flexibility index (Phi) is 4.81. The minimum Gasteiger partial charge on any atom is -0.352 e. The molecule has 1 aromatic rings. The first kappa shape index (κ1) is 12.2. The van der Waals surface area contributed by atoms with E-state index in [2.05, 4.69) is 40.2 Å². The molecule has 1 amide bonds. The number of nitrogens with one attached hydrogen (secondary N) is 1. The Hall–Kier alpha value is -0.840. The molecule has 1 rings (SSSR count). The van der Waals surface area contributed by atoms with E-state index in [0.717, 1.165) is 17.3 Å². The fourth-order valence-corrected chi connectivity index (χ4v) is 1.67. The Bertz CT molecular complexity index is 320. The van der Waals surface area contributed by atoms with E-state index in [1.54, 1.807) is 17.1 Å². The van der Waals surface area contributed by atoms with Gasteiger partial charge in [0, 0.05) is 12.2 Å². The monoisotopic (exact) mass is 273 g/mol. The summed E-state index contributed by atoms with van der Waals surface area (Å²) in [5, 5.41) is 6.98. The van der Waals surface area contributed by atoms with E-state index in [4.69, 9.17) is 0 Å². The van der Waals surface area contributed by atoms with Crippen molar-refractivity contribution in [2.75, 3.05) is 0 Å². The van der Waals surface area contributed by atoms with E-state index in [-0.39, 0.29) is 18.5 Å². The molecule has 1 heterocycles. The summed E-state index contributed by atoms with van der Waals surface area (Å²) in [6, 6.07) is 0.275. The second-order valence-corrected chi connectivity index (χ2v) is 4.35. The van der Waals surface area contributed by atoms with Crippen LogP contribution in [0, 0.1) is 0 Å². The maximum absolute atomic E-state index is 11.6. The Labute approximate surface area is 98.2 Å². The van der Waals surface area contributed by atoms with Gasteiger partial charge in [-0.25, -0.2) is 0 Å². The van der Waals surface area contributed by atoms with Gasteiger partial charge < -0.3 is 5.32 Å². The highest BCUT2D eigenvalue weighted by Gasteiger charge is 2.08. The number of hydrogen-bond acceptors (Lipinski definition) is 2. The highest BCUT2D eigenvalue weighted by atomic mass is 79.9. The predicted molar refractivity (Wildman–Crippen MR) is 62.4 cm³/mol. The minimum atomic E-state index is 0.0132. The van der Waals surface area contributed by atoms with Crippen LogP contribution in [0.2, 0.25) is 0 Å². The molecule has 84 valence electrons. The van der Waals surface area contributed by atoms with Gasteiger partial charge in [0.15, 0.2) is 0 Å². The van der Waals surface area contributed by atoms with Crippen LogP contribution >= 0.6 is 15.9 Å². The van der Waals surface area contributed by atoms with Gasteiger partial charge in [-0.3, -0.25) is 9.48 Å². The third kappa shape index (κ3) is 4.03. The molecule has 0 aromatic carbocycles. The van der Waals surface area contributed by atoms with E-state index in [1.807, 2.05) is 0 Å². The first-order chi connectivity index (χ1) is 7.15. The van der Waals surface area contributed by atoms with Crippen molar-refractivity contribution >= 4 is 21.8 Å². The van der Waals surface area contributed by atoms with Crippen LogP contribution in [-0.2, 0) is 11.3 Å². The zero-order chi connectivity index (χ0) is 11.3. The molecule has 1 N–H and O–H groups in total. The first-order valence-electron chi connectivity index (χ1n) is 5.13. The molecule has 0 fully saturated rings. The van der Waals surface area contributed by atoms with Crippen LogP contribution in [0.25, 0.3) is 0 Å². The average Bonchev–Trinajstić information content (AvgIpc) is 2.60. The van der Waals surface area contributed by atoms with Gasteiger partial charge in [-0.2, -0.15) is 5.10 Å². The largest absolute Gasteiger partial charge is 0.352 e. The van der Waals surface area contributed by atoms with Crippen LogP contribution in [-0.4, -0.2) is 21.7 Å². The lowest BCUT2D eigenvalue weighted by atomic mass is 10.2. The molecule has 0 bridgehead atoms. The molecular formula is C10H16BrN3O. The number of amides is 1. The quantitative estimate of drug-likeness (QED) is 0.892. The van der Waals surface area contributed by atoms with Crippen molar-refractivity contribution in [2.45, 2.75) is 39.3 Å². The molecule has 0 aliphatic heterocycles. The molecule has 0 saturated carbocycles. The topological polar surface area (TPSA) is 46.9 Å². The number of halogens is 1. The van der Waals surface area contributed by atoms with E-state index in [9.17, 15) is 4.79 Å². The van der Waals surface area contributed by atoms with E-state index < -0.39 is 0 Å². The molecule has 4 nitrogen and oxygen atoms in total. The SMILES string of the molecule is CCC(CC)NC(=O)Cn1cc(Br)cn1. The van der Waals surface area contributed by atoms with E-state index in [0.29, 0.717) is 0 Å². The van der Waals surface area contributed by atoms with Crippen molar-refractivity contribution in [3.8, 4) is 0 Å². The van der Waals surface area contributed by atoms with Crippen LogP contribution < -0.4 is 5.32 Å². The van der Waals surface area contributed by atoms with Crippen LogP contribution in [0.15, 0.2) is 16.9 Å². The van der Waals surface area contributed by atoms with Crippen molar-refractivity contribution in [3.63, 3.8) is 0 Å². The van der Waals surface area contributed by atoms with Gasteiger partial charge in [0.05, 0.1) is 10.7 Å². The number of carbonyl (C=O) groups is 1. The predicted octanol–water partition coefficient (Wildman–Crippen LogP) is 1.95. The molecule has 0 saturated heterocycles. The molecular weight excluding hydrogens is 258 g/mol. The van der Waals surface area contributed by atoms with E-state index >= 15 is 0 Å². The van der Waals surface area contributed by atoms with Gasteiger partial charge in [-0.05, 0) is 28.8 Å². The summed E-state index contributed by atoms with van der Waals surface area (Å²) in [4.78, 5) is 11.6. The third-order valence-corrected chi connectivity index (χ3v) is 2.67. The molecule has 0 aliphatic rings. The standard InChI is InChI=1S/C10H16BrN3O/c1-3-9(4-2)13-10(15)7-14-6-8(11)5-12-14/h5-6,9H,3-4,7H2,1-2H3,(H,13,15). The van der Waals surface area contributed by atoms with Gasteiger partial charge in [0.25, 0.3) is 0 Å². The zero-order valence-corrected chi connectivity index (χ0v) is 10.6. The van der Waals surface area contributed by atoms with E-state index in [1.165, 1.54) is 0 Å². The lowest BCUT2D eigenvalue weighted by molar-refractivity contribution is -0.122. The summed E-state index contributed by atoms with van der Waals surface area (Å²) in [6.45, 7) is 4.42. The zero-order valence-electron chi connectivity index (χ0n) is 9.03. The van der Waals surface area contributed by atoms with Gasteiger partial charge in [0.2, 0.25) is 5.91 Å². The van der Waals surface area contributed by atoms with Gasteiger partial charge in [0.1, 0.15) is 6.54 Å². The number of aromatic nitrogens is 2. The Morgan fingerprint density at radius 1 is 1.60 bits per heavy atom. The smallest absolute Gasteiger partial charge is 0.241 e. The normalized spacial score (nSPS) is 10.7. The van der Waals surface area contributed by atoms with Gasteiger partial charge in [-0.1, -0.05) is 13.8 Å². The van der Waals surface area contributed by atoms with Crippen molar-refractivity contribution in [3.05, 3.63) is 16.9 Å². The van der Waals surface area contributed by atoms with Crippen LogP contribution in [0.1, 0.15) is 26.7 Å². The fraction of sp³-hybridized carbons (Fsp3) is 0.600. The molecule has 5 heteroatoms. The van der Waals surface area contributed by atoms with Crippen LogP contribution in [0.3, 0.4) is 0 Å². The Morgan fingerprint density at radius 2 is 2.27 bits per heavy atom. The van der Waals surface area contributed by atoms with Gasteiger partial charge in [-0.15, -0.1) is 0 Å². The number of rotatable bonds is 5. The summed E-state index contributed by atoms with van der Waals surface area (Å²) in [5.74, 6) is 0.0132. The molecule has 0 unspecified atom stereocenters. The maximum atomic E-state index is 11.6. The number of hydrogen-bond donors (Lipinski definition) is 1. The lowest BCUT2D eigenvalue weighted by Gasteiger charge is -2.14. The first-order valence-corrected chi connectivity index (χ1v) is 5.92. The van der Waals surface area contributed by atoms with Crippen molar-refractivity contribution < 1.29 is 4.79 Å². The highest BCUT2D eigenvalue weighted by Crippen LogP contribution is 2.05. The summed E-state index contributed by atoms with van der Waals surface area (Å²) in [6.07, 6.45) is 5.38. The maximum Gasteiger partial charge on any atom is 0.241 e. The molecule has 0 atom stereocenters. The lowest BCUT2D eigenvalue weighted by Crippen LogP contribution is -2.36. The fourth-order valence-electron chi connectivity index (χ4n) is 1.34. The Balaban J connectivity index is 2.42. The van der Waals surface area contributed by atoms with Crippen molar-refractivity contribution in [1.82, 2.24) is 15.1 Å².